The summed E-state index contributed by atoms with van der Waals surface area (Å²) in [6.45, 7) is 4.07. The summed E-state index contributed by atoms with van der Waals surface area (Å²) in [7, 11) is 0. The van der Waals surface area contributed by atoms with E-state index < -0.39 is 10.8 Å². The molecule has 0 spiro atoms. The average molecular weight is 505 g/mol. The molecule has 1 aliphatic carbocycles. The molecule has 1 unspecified atom stereocenters. The highest BCUT2D eigenvalue weighted by Crippen LogP contribution is 2.48. The van der Waals surface area contributed by atoms with Crippen molar-refractivity contribution in [2.75, 3.05) is 5.32 Å². The van der Waals surface area contributed by atoms with Crippen LogP contribution in [0.1, 0.15) is 49.3 Å². The Labute approximate surface area is 210 Å². The van der Waals surface area contributed by atoms with Gasteiger partial charge in [-0.15, -0.1) is 0 Å². The number of Topliss-reactive ketones (excluding diaryl/α,β-unsaturated/α-hetero) is 1. The number of anilines is 1. The zero-order chi connectivity index (χ0) is 25.6. The number of H-pyrrole nitrogens is 1. The monoisotopic (exact) mass is 504 g/mol. The van der Waals surface area contributed by atoms with Crippen LogP contribution in [-0.4, -0.2) is 25.8 Å². The summed E-state index contributed by atoms with van der Waals surface area (Å²) in [6, 6.07) is 12.8. The van der Waals surface area contributed by atoms with Gasteiger partial charge in [0.2, 0.25) is 0 Å². The van der Waals surface area contributed by atoms with Gasteiger partial charge in [-0.3, -0.25) is 19.7 Å². The average Bonchev–Trinajstić information content (AvgIpc) is 2.81. The van der Waals surface area contributed by atoms with E-state index in [0.29, 0.717) is 46.3 Å². The zero-order valence-electron chi connectivity index (χ0n) is 19.7. The van der Waals surface area contributed by atoms with E-state index in [1.165, 1.54) is 23.9 Å². The quantitative estimate of drug-likeness (QED) is 0.193. The Hall–Kier alpha value is -3.92. The SMILES string of the molecule is CC1(C)CC(=O)C2=C(C1)Nc1nc(SCc3ccc([N+](=O)[O-])cc3)[nH]c(=O)c1C2c1cccc(O)c1. The van der Waals surface area contributed by atoms with Gasteiger partial charge in [0, 0.05) is 41.5 Å². The fourth-order valence-corrected chi connectivity index (χ4v) is 5.68. The standard InChI is InChI=1S/C26H24N4O5S/c1-26(2)11-18-21(19(32)12-26)20(15-4-3-5-17(31)10-15)22-23(27-18)28-25(29-24(22)33)36-13-14-6-8-16(9-7-14)30(34)35/h3-10,20,31H,11-13H2,1-2H3,(H2,27,28,29,33). The topological polar surface area (TPSA) is 138 Å². The van der Waals surface area contributed by atoms with Crippen LogP contribution in [0, 0.1) is 15.5 Å². The van der Waals surface area contributed by atoms with Crippen LogP contribution in [0.3, 0.4) is 0 Å². The Morgan fingerprint density at radius 3 is 2.61 bits per heavy atom. The van der Waals surface area contributed by atoms with E-state index in [2.05, 4.69) is 15.3 Å². The van der Waals surface area contributed by atoms with Crippen LogP contribution in [0.15, 0.2) is 69.8 Å². The van der Waals surface area contributed by atoms with E-state index in [-0.39, 0.29) is 28.2 Å². The van der Waals surface area contributed by atoms with Gasteiger partial charge in [0.25, 0.3) is 11.2 Å². The number of nitro groups is 1. The van der Waals surface area contributed by atoms with Gasteiger partial charge >= 0.3 is 0 Å². The minimum Gasteiger partial charge on any atom is -0.508 e. The summed E-state index contributed by atoms with van der Waals surface area (Å²) in [5.41, 5.74) is 2.55. The van der Waals surface area contributed by atoms with E-state index in [1.807, 2.05) is 13.8 Å². The molecule has 0 saturated heterocycles. The van der Waals surface area contributed by atoms with Crippen LogP contribution in [0.5, 0.6) is 5.75 Å². The Morgan fingerprint density at radius 1 is 1.17 bits per heavy atom. The van der Waals surface area contributed by atoms with Gasteiger partial charge in [0.15, 0.2) is 10.9 Å². The molecular formula is C26H24N4O5S. The van der Waals surface area contributed by atoms with Crippen molar-refractivity contribution in [1.82, 2.24) is 9.97 Å². The molecule has 0 radical (unpaired) electrons. The molecule has 1 aliphatic heterocycles. The van der Waals surface area contributed by atoms with Crippen molar-refractivity contribution < 1.29 is 14.8 Å². The summed E-state index contributed by atoms with van der Waals surface area (Å²) in [5.74, 6) is 0.232. The number of non-ortho nitro benzene ring substituents is 1. The molecule has 2 aromatic carbocycles. The van der Waals surface area contributed by atoms with E-state index >= 15 is 0 Å². The molecule has 0 saturated carbocycles. The number of carbonyl (C=O) groups is 1. The lowest BCUT2D eigenvalue weighted by Crippen LogP contribution is -2.37. The second-order valence-corrected chi connectivity index (χ2v) is 10.8. The van der Waals surface area contributed by atoms with Crippen molar-refractivity contribution >= 4 is 29.1 Å². The molecule has 184 valence electrons. The van der Waals surface area contributed by atoms with E-state index in [1.54, 1.807) is 36.4 Å². The van der Waals surface area contributed by atoms with Crippen molar-refractivity contribution in [1.29, 1.82) is 0 Å². The maximum atomic E-state index is 13.4. The molecule has 0 bridgehead atoms. The number of rotatable bonds is 5. The van der Waals surface area contributed by atoms with Crippen molar-refractivity contribution in [2.24, 2.45) is 5.41 Å². The molecule has 3 aromatic rings. The van der Waals surface area contributed by atoms with Gasteiger partial charge in [-0.1, -0.05) is 49.9 Å². The third kappa shape index (κ3) is 4.51. The fourth-order valence-electron chi connectivity index (χ4n) is 4.86. The lowest BCUT2D eigenvalue weighted by Gasteiger charge is -2.38. The van der Waals surface area contributed by atoms with Gasteiger partial charge in [0.1, 0.15) is 11.6 Å². The summed E-state index contributed by atoms with van der Waals surface area (Å²) in [4.78, 5) is 44.6. The molecule has 36 heavy (non-hydrogen) atoms. The van der Waals surface area contributed by atoms with E-state index in [4.69, 9.17) is 0 Å². The fraction of sp³-hybridized carbons (Fsp3) is 0.269. The van der Waals surface area contributed by atoms with Crippen molar-refractivity contribution in [3.8, 4) is 5.75 Å². The number of ketones is 1. The van der Waals surface area contributed by atoms with Crippen LogP contribution in [0.2, 0.25) is 0 Å². The molecule has 2 heterocycles. The summed E-state index contributed by atoms with van der Waals surface area (Å²) in [6.07, 6.45) is 0.995. The van der Waals surface area contributed by atoms with Crippen LogP contribution >= 0.6 is 11.8 Å². The highest BCUT2D eigenvalue weighted by atomic mass is 32.2. The van der Waals surface area contributed by atoms with Crippen LogP contribution in [-0.2, 0) is 10.5 Å². The highest BCUT2D eigenvalue weighted by Gasteiger charge is 2.42. The number of carbonyl (C=O) groups excluding carboxylic acids is 1. The number of phenolic OH excluding ortho intramolecular Hbond substituents is 1. The maximum absolute atomic E-state index is 13.4. The first-order valence-electron chi connectivity index (χ1n) is 11.4. The number of nitrogens with zero attached hydrogens (tertiary/aromatic N) is 2. The first kappa shape index (κ1) is 23.8. The van der Waals surface area contributed by atoms with Crippen LogP contribution in [0.4, 0.5) is 11.5 Å². The minimum atomic E-state index is -0.642. The number of thioether (sulfide) groups is 1. The number of nitrogens with one attached hydrogen (secondary N) is 2. The minimum absolute atomic E-state index is 0.0142. The number of benzene rings is 2. The molecular weight excluding hydrogens is 480 g/mol. The second-order valence-electron chi connectivity index (χ2n) is 9.83. The molecule has 2 aliphatic rings. The maximum Gasteiger partial charge on any atom is 0.269 e. The molecule has 10 heteroatoms. The van der Waals surface area contributed by atoms with Gasteiger partial charge < -0.3 is 15.4 Å². The van der Waals surface area contributed by atoms with Crippen molar-refractivity contribution in [3.63, 3.8) is 0 Å². The van der Waals surface area contributed by atoms with Gasteiger partial charge in [-0.05, 0) is 35.1 Å². The number of allylic oxidation sites excluding steroid dienone is 2. The molecule has 0 amide bonds. The van der Waals surface area contributed by atoms with E-state index in [9.17, 15) is 24.8 Å². The van der Waals surface area contributed by atoms with Crippen LogP contribution < -0.4 is 10.9 Å². The van der Waals surface area contributed by atoms with Gasteiger partial charge in [0.05, 0.1) is 10.5 Å². The summed E-state index contributed by atoms with van der Waals surface area (Å²) < 4.78 is 0. The third-order valence-electron chi connectivity index (χ3n) is 6.43. The predicted molar refractivity (Wildman–Crippen MR) is 136 cm³/mol. The van der Waals surface area contributed by atoms with Crippen LogP contribution in [0.25, 0.3) is 0 Å². The second kappa shape index (κ2) is 8.94. The first-order chi connectivity index (χ1) is 17.1. The largest absolute Gasteiger partial charge is 0.508 e. The lowest BCUT2D eigenvalue weighted by molar-refractivity contribution is -0.384. The predicted octanol–water partition coefficient (Wildman–Crippen LogP) is 4.88. The number of hydrogen-bond donors (Lipinski definition) is 3. The Balaban J connectivity index is 1.53. The first-order valence-corrected chi connectivity index (χ1v) is 12.4. The normalized spacial score (nSPS) is 18.3. The molecule has 0 fully saturated rings. The molecule has 3 N–H and O–H groups in total. The Bertz CT molecular complexity index is 1480. The third-order valence-corrected chi connectivity index (χ3v) is 7.37. The van der Waals surface area contributed by atoms with E-state index in [0.717, 1.165) is 11.3 Å². The number of aromatic nitrogens is 2. The number of aromatic amines is 1. The number of nitro benzene ring substituents is 1. The Morgan fingerprint density at radius 2 is 1.92 bits per heavy atom. The molecule has 9 nitrogen and oxygen atoms in total. The van der Waals surface area contributed by atoms with Crippen molar-refractivity contribution in [2.45, 2.75) is 43.5 Å². The van der Waals surface area contributed by atoms with Gasteiger partial charge in [-0.2, -0.15) is 0 Å². The highest BCUT2D eigenvalue weighted by molar-refractivity contribution is 7.98. The molecule has 1 atom stereocenters. The number of fused-ring (bicyclic) bond motifs is 1. The zero-order valence-corrected chi connectivity index (χ0v) is 20.5. The summed E-state index contributed by atoms with van der Waals surface area (Å²) >= 11 is 1.30. The molecule has 1 aromatic heterocycles. The number of hydrogen-bond acceptors (Lipinski definition) is 8. The Kier molecular flexibility index (Phi) is 5.91. The summed E-state index contributed by atoms with van der Waals surface area (Å²) in [5, 5.41) is 24.7. The lowest BCUT2D eigenvalue weighted by atomic mass is 9.69. The van der Waals surface area contributed by atoms with Crippen molar-refractivity contribution in [3.05, 3.63) is 97.0 Å². The number of phenols is 1. The smallest absolute Gasteiger partial charge is 0.269 e. The molecule has 5 rings (SSSR count). The number of aromatic hydroxyl groups is 1. The van der Waals surface area contributed by atoms with Gasteiger partial charge in [-0.25, -0.2) is 4.98 Å².